The second kappa shape index (κ2) is 7.95. The van der Waals surface area contributed by atoms with Gasteiger partial charge in [-0.25, -0.2) is 4.79 Å². The Bertz CT molecular complexity index is 598. The highest BCUT2D eigenvalue weighted by molar-refractivity contribution is 5.86. The van der Waals surface area contributed by atoms with Crippen LogP contribution in [0.3, 0.4) is 0 Å². The molecule has 1 aromatic carbocycles. The van der Waals surface area contributed by atoms with Crippen molar-refractivity contribution in [3.05, 3.63) is 35.4 Å². The van der Waals surface area contributed by atoms with Gasteiger partial charge in [0.05, 0.1) is 6.54 Å². The van der Waals surface area contributed by atoms with Gasteiger partial charge in [-0.1, -0.05) is 38.1 Å². The Balaban J connectivity index is 2.13. The summed E-state index contributed by atoms with van der Waals surface area (Å²) in [5.41, 5.74) is 2.12. The molecule has 1 saturated heterocycles. The third-order valence-electron chi connectivity index (χ3n) is 4.30. The van der Waals surface area contributed by atoms with Gasteiger partial charge in [0, 0.05) is 13.5 Å². The van der Waals surface area contributed by atoms with Crippen LogP contribution in [0, 0.1) is 0 Å². The Hall–Kier alpha value is -2.37. The van der Waals surface area contributed by atoms with E-state index < -0.39 is 18.2 Å². The van der Waals surface area contributed by atoms with Crippen molar-refractivity contribution in [1.29, 1.82) is 0 Å². The van der Waals surface area contributed by atoms with E-state index >= 15 is 0 Å². The maximum Gasteiger partial charge on any atom is 0.411 e. The molecule has 24 heavy (non-hydrogen) atoms. The summed E-state index contributed by atoms with van der Waals surface area (Å²) in [4.78, 5) is 36.3. The van der Waals surface area contributed by atoms with Gasteiger partial charge in [-0.15, -0.1) is 0 Å². The van der Waals surface area contributed by atoms with Crippen LogP contribution in [0.2, 0.25) is 0 Å². The maximum atomic E-state index is 12.2. The first kappa shape index (κ1) is 18.0. The number of ether oxygens (including phenoxy) is 1. The molecule has 6 nitrogen and oxygen atoms in total. The highest BCUT2D eigenvalue weighted by Gasteiger charge is 2.39. The van der Waals surface area contributed by atoms with E-state index in [-0.39, 0.29) is 18.7 Å². The zero-order chi connectivity index (χ0) is 17.7. The Morgan fingerprint density at radius 2 is 2.04 bits per heavy atom. The van der Waals surface area contributed by atoms with E-state index in [2.05, 4.69) is 19.2 Å². The van der Waals surface area contributed by atoms with Crippen molar-refractivity contribution in [1.82, 2.24) is 10.2 Å². The van der Waals surface area contributed by atoms with Crippen LogP contribution in [0.15, 0.2) is 24.3 Å². The monoisotopic (exact) mass is 332 g/mol. The standard InChI is InChI=1S/C18H24N2O4/c1-12(2)13-6-8-14(9-7-13)16-11-20(18(23)24-16)15(5-4-10-21)17(22)19-3/h6-10,12,15-16H,4-5,11H2,1-3H3,(H,19,22). The normalized spacial score (nSPS) is 18.4. The van der Waals surface area contributed by atoms with Crippen molar-refractivity contribution in [3.63, 3.8) is 0 Å². The predicted molar refractivity (Wildman–Crippen MR) is 89.6 cm³/mol. The van der Waals surface area contributed by atoms with Gasteiger partial charge in [-0.05, 0) is 23.5 Å². The smallest absolute Gasteiger partial charge is 0.411 e. The Morgan fingerprint density at radius 3 is 2.58 bits per heavy atom. The van der Waals surface area contributed by atoms with Gasteiger partial charge < -0.3 is 14.8 Å². The number of hydrogen-bond acceptors (Lipinski definition) is 4. The summed E-state index contributed by atoms with van der Waals surface area (Å²) < 4.78 is 5.43. The second-order valence-electron chi connectivity index (χ2n) is 6.22. The Kier molecular flexibility index (Phi) is 5.95. The molecule has 1 aliphatic heterocycles. The van der Waals surface area contributed by atoms with Crippen molar-refractivity contribution in [2.24, 2.45) is 0 Å². The molecular weight excluding hydrogens is 308 g/mol. The number of cyclic esters (lactones) is 1. The van der Waals surface area contributed by atoms with Crippen molar-refractivity contribution in [2.75, 3.05) is 13.6 Å². The van der Waals surface area contributed by atoms with Crippen molar-refractivity contribution >= 4 is 18.3 Å². The van der Waals surface area contributed by atoms with E-state index in [0.29, 0.717) is 12.5 Å². The first-order valence-corrected chi connectivity index (χ1v) is 8.20. The number of nitrogens with one attached hydrogen (secondary N) is 1. The summed E-state index contributed by atoms with van der Waals surface area (Å²) in [6, 6.07) is 7.28. The Morgan fingerprint density at radius 1 is 1.38 bits per heavy atom. The molecule has 0 saturated carbocycles. The molecular formula is C18H24N2O4. The molecule has 1 aliphatic rings. The first-order chi connectivity index (χ1) is 11.5. The van der Waals surface area contributed by atoms with Gasteiger partial charge in [0.1, 0.15) is 18.4 Å². The lowest BCUT2D eigenvalue weighted by Crippen LogP contribution is -2.46. The lowest BCUT2D eigenvalue weighted by Gasteiger charge is -2.23. The molecule has 0 bridgehead atoms. The summed E-state index contributed by atoms with van der Waals surface area (Å²) in [6.45, 7) is 4.54. The zero-order valence-corrected chi connectivity index (χ0v) is 14.3. The average molecular weight is 332 g/mol. The molecule has 0 aromatic heterocycles. The molecule has 2 rings (SSSR count). The van der Waals surface area contributed by atoms with E-state index in [9.17, 15) is 14.4 Å². The van der Waals surface area contributed by atoms with E-state index in [1.807, 2.05) is 24.3 Å². The second-order valence-corrected chi connectivity index (χ2v) is 6.22. The third-order valence-corrected chi connectivity index (χ3v) is 4.30. The molecule has 2 amide bonds. The predicted octanol–water partition coefficient (Wildman–Crippen LogP) is 2.40. The molecule has 130 valence electrons. The number of carbonyl (C=O) groups is 3. The van der Waals surface area contributed by atoms with E-state index in [0.717, 1.165) is 11.8 Å². The van der Waals surface area contributed by atoms with Crippen LogP contribution < -0.4 is 5.32 Å². The quantitative estimate of drug-likeness (QED) is 0.778. The zero-order valence-electron chi connectivity index (χ0n) is 14.3. The van der Waals surface area contributed by atoms with Gasteiger partial charge in [0.2, 0.25) is 5.91 Å². The summed E-state index contributed by atoms with van der Waals surface area (Å²) in [5, 5.41) is 2.54. The summed E-state index contributed by atoms with van der Waals surface area (Å²) in [6.07, 6.45) is 0.335. The lowest BCUT2D eigenvalue weighted by molar-refractivity contribution is -0.125. The molecule has 0 spiro atoms. The SMILES string of the molecule is CNC(=O)C(CCC=O)N1CC(c2ccc(C(C)C)cc2)OC1=O. The molecule has 0 radical (unpaired) electrons. The van der Waals surface area contributed by atoms with Crippen LogP contribution in [0.1, 0.15) is 49.8 Å². The topological polar surface area (TPSA) is 75.7 Å². The lowest BCUT2D eigenvalue weighted by atomic mass is 10.00. The summed E-state index contributed by atoms with van der Waals surface area (Å²) >= 11 is 0. The number of carbonyl (C=O) groups excluding carboxylic acids is 3. The fourth-order valence-electron chi connectivity index (χ4n) is 2.82. The first-order valence-electron chi connectivity index (χ1n) is 8.20. The minimum absolute atomic E-state index is 0.218. The highest BCUT2D eigenvalue weighted by atomic mass is 16.6. The van der Waals surface area contributed by atoms with Crippen molar-refractivity contribution < 1.29 is 19.1 Å². The van der Waals surface area contributed by atoms with Crippen molar-refractivity contribution in [3.8, 4) is 0 Å². The highest BCUT2D eigenvalue weighted by Crippen LogP contribution is 2.29. The van der Waals surface area contributed by atoms with E-state index in [1.165, 1.54) is 17.5 Å². The number of benzene rings is 1. The number of hydrogen-bond donors (Lipinski definition) is 1. The van der Waals surface area contributed by atoms with Gasteiger partial charge in [-0.3, -0.25) is 9.69 Å². The van der Waals surface area contributed by atoms with Crippen LogP contribution in [0.25, 0.3) is 0 Å². The minimum atomic E-state index is -0.687. The number of amides is 2. The van der Waals surface area contributed by atoms with Gasteiger partial charge in [0.15, 0.2) is 0 Å². The fraction of sp³-hybridized carbons (Fsp3) is 0.500. The molecule has 1 N–H and O–H groups in total. The molecule has 6 heteroatoms. The largest absolute Gasteiger partial charge is 0.439 e. The van der Waals surface area contributed by atoms with Crippen molar-refractivity contribution in [2.45, 2.75) is 44.8 Å². The minimum Gasteiger partial charge on any atom is -0.439 e. The van der Waals surface area contributed by atoms with Crippen LogP contribution in [0.5, 0.6) is 0 Å². The van der Waals surface area contributed by atoms with Crippen LogP contribution in [-0.4, -0.2) is 42.8 Å². The van der Waals surface area contributed by atoms with Gasteiger partial charge in [-0.2, -0.15) is 0 Å². The van der Waals surface area contributed by atoms with Gasteiger partial charge >= 0.3 is 6.09 Å². The number of rotatable bonds is 7. The van der Waals surface area contributed by atoms with Crippen LogP contribution in [0.4, 0.5) is 4.79 Å². The molecule has 1 fully saturated rings. The van der Waals surface area contributed by atoms with Crippen LogP contribution in [-0.2, 0) is 14.3 Å². The fourth-order valence-corrected chi connectivity index (χ4v) is 2.82. The molecule has 2 atom stereocenters. The molecule has 0 aliphatic carbocycles. The van der Waals surface area contributed by atoms with Gasteiger partial charge in [0.25, 0.3) is 0 Å². The summed E-state index contributed by atoms with van der Waals surface area (Å²) in [7, 11) is 1.51. The average Bonchev–Trinajstić information content (AvgIpc) is 2.96. The molecule has 2 unspecified atom stereocenters. The molecule has 1 heterocycles. The van der Waals surface area contributed by atoms with E-state index in [1.54, 1.807) is 0 Å². The van der Waals surface area contributed by atoms with Crippen LogP contribution >= 0.6 is 0 Å². The third kappa shape index (κ3) is 3.93. The number of nitrogens with zero attached hydrogens (tertiary/aromatic N) is 1. The van der Waals surface area contributed by atoms with E-state index in [4.69, 9.17) is 4.74 Å². The summed E-state index contributed by atoms with van der Waals surface area (Å²) in [5.74, 6) is 0.146. The maximum absolute atomic E-state index is 12.2. The number of likely N-dealkylation sites (N-methyl/N-ethyl adjacent to an activating group) is 1. The Labute approximate surface area is 142 Å². The molecule has 1 aromatic rings. The number of aldehydes is 1.